The van der Waals surface area contributed by atoms with Crippen molar-refractivity contribution in [1.29, 1.82) is 0 Å². The van der Waals surface area contributed by atoms with Crippen LogP contribution in [0.2, 0.25) is 0 Å². The van der Waals surface area contributed by atoms with Crippen LogP contribution in [0, 0.1) is 25.7 Å². The highest BCUT2D eigenvalue weighted by atomic mass is 16.5. The van der Waals surface area contributed by atoms with Gasteiger partial charge in [0.1, 0.15) is 5.75 Å². The van der Waals surface area contributed by atoms with E-state index in [1.807, 2.05) is 26.0 Å². The van der Waals surface area contributed by atoms with Gasteiger partial charge in [0.15, 0.2) is 0 Å². The summed E-state index contributed by atoms with van der Waals surface area (Å²) in [5, 5.41) is 3.35. The maximum atomic E-state index is 8.09. The zero-order valence-corrected chi connectivity index (χ0v) is 9.61. The van der Waals surface area contributed by atoms with E-state index in [9.17, 15) is 0 Å². The SMILES string of the molecule is COc1c(C)cc(C#CCN=[N+]=[N-])cc1C. The van der Waals surface area contributed by atoms with Gasteiger partial charge in [-0.05, 0) is 42.6 Å². The number of ether oxygens (including phenoxy) is 1. The van der Waals surface area contributed by atoms with Crippen molar-refractivity contribution in [2.45, 2.75) is 13.8 Å². The number of methoxy groups -OCH3 is 1. The molecule has 0 unspecified atom stereocenters. The van der Waals surface area contributed by atoms with Crippen molar-refractivity contribution in [1.82, 2.24) is 0 Å². The van der Waals surface area contributed by atoms with E-state index in [2.05, 4.69) is 21.9 Å². The van der Waals surface area contributed by atoms with Crippen LogP contribution in [0.3, 0.4) is 0 Å². The topological polar surface area (TPSA) is 58.0 Å². The van der Waals surface area contributed by atoms with E-state index in [1.165, 1.54) is 0 Å². The lowest BCUT2D eigenvalue weighted by Gasteiger charge is -2.08. The number of benzene rings is 1. The predicted molar refractivity (Wildman–Crippen MR) is 63.4 cm³/mol. The van der Waals surface area contributed by atoms with E-state index in [0.29, 0.717) is 0 Å². The van der Waals surface area contributed by atoms with Gasteiger partial charge in [0.2, 0.25) is 0 Å². The molecule has 16 heavy (non-hydrogen) atoms. The molecule has 82 valence electrons. The van der Waals surface area contributed by atoms with Gasteiger partial charge in [-0.15, -0.1) is 0 Å². The zero-order valence-electron chi connectivity index (χ0n) is 9.61. The summed E-state index contributed by atoms with van der Waals surface area (Å²) >= 11 is 0. The molecule has 0 bridgehead atoms. The smallest absolute Gasteiger partial charge is 0.124 e. The second-order valence-electron chi connectivity index (χ2n) is 3.33. The number of rotatable bonds is 2. The molecule has 4 heteroatoms. The predicted octanol–water partition coefficient (Wildman–Crippen LogP) is 2.97. The highest BCUT2D eigenvalue weighted by molar-refractivity contribution is 5.48. The van der Waals surface area contributed by atoms with E-state index >= 15 is 0 Å². The fraction of sp³-hybridized carbons (Fsp3) is 0.333. The van der Waals surface area contributed by atoms with Crippen molar-refractivity contribution in [3.63, 3.8) is 0 Å². The monoisotopic (exact) mass is 215 g/mol. The Morgan fingerprint density at radius 2 is 2.00 bits per heavy atom. The van der Waals surface area contributed by atoms with Crippen LogP contribution in [0.15, 0.2) is 17.2 Å². The van der Waals surface area contributed by atoms with Crippen LogP contribution in [0.1, 0.15) is 16.7 Å². The quantitative estimate of drug-likeness (QED) is 0.324. The van der Waals surface area contributed by atoms with Gasteiger partial charge in [-0.1, -0.05) is 17.0 Å². The van der Waals surface area contributed by atoms with Crippen LogP contribution in [-0.4, -0.2) is 13.7 Å². The Labute approximate surface area is 94.9 Å². The number of hydrogen-bond acceptors (Lipinski definition) is 2. The van der Waals surface area contributed by atoms with Crippen LogP contribution in [0.4, 0.5) is 0 Å². The van der Waals surface area contributed by atoms with Crippen molar-refractivity contribution < 1.29 is 4.74 Å². The summed E-state index contributed by atoms with van der Waals surface area (Å²) in [5.74, 6) is 6.61. The molecule has 0 N–H and O–H groups in total. The highest BCUT2D eigenvalue weighted by Crippen LogP contribution is 2.23. The average molecular weight is 215 g/mol. The Hall–Kier alpha value is -2.11. The third-order valence-corrected chi connectivity index (χ3v) is 2.11. The first-order chi connectivity index (χ1) is 7.69. The van der Waals surface area contributed by atoms with Crippen molar-refractivity contribution in [3.05, 3.63) is 39.3 Å². The minimum Gasteiger partial charge on any atom is -0.496 e. The van der Waals surface area contributed by atoms with Gasteiger partial charge in [0.05, 0.1) is 13.7 Å². The molecule has 0 spiro atoms. The molecule has 0 aliphatic carbocycles. The summed E-state index contributed by atoms with van der Waals surface area (Å²) in [6.45, 7) is 4.15. The van der Waals surface area contributed by atoms with Crippen molar-refractivity contribution in [2.24, 2.45) is 5.11 Å². The van der Waals surface area contributed by atoms with Gasteiger partial charge in [-0.2, -0.15) is 0 Å². The van der Waals surface area contributed by atoms with E-state index in [0.717, 1.165) is 22.4 Å². The molecule has 0 saturated carbocycles. The molecule has 0 atom stereocenters. The van der Waals surface area contributed by atoms with E-state index < -0.39 is 0 Å². The van der Waals surface area contributed by atoms with Crippen LogP contribution in [0.5, 0.6) is 5.75 Å². The second-order valence-corrected chi connectivity index (χ2v) is 3.33. The van der Waals surface area contributed by atoms with Crippen LogP contribution < -0.4 is 4.74 Å². The lowest BCUT2D eigenvalue weighted by molar-refractivity contribution is 0.408. The minimum atomic E-state index is 0.195. The molecule has 0 saturated heterocycles. The molecule has 0 aromatic heterocycles. The van der Waals surface area contributed by atoms with Crippen molar-refractivity contribution >= 4 is 0 Å². The molecule has 4 nitrogen and oxygen atoms in total. The largest absolute Gasteiger partial charge is 0.496 e. The van der Waals surface area contributed by atoms with E-state index in [1.54, 1.807) is 7.11 Å². The molecule has 0 fully saturated rings. The third-order valence-electron chi connectivity index (χ3n) is 2.11. The Bertz CT molecular complexity index is 468. The van der Waals surface area contributed by atoms with Crippen molar-refractivity contribution in [3.8, 4) is 17.6 Å². The number of azide groups is 1. The maximum absolute atomic E-state index is 8.09. The summed E-state index contributed by atoms with van der Waals surface area (Å²) in [7, 11) is 1.66. The Morgan fingerprint density at radius 1 is 1.38 bits per heavy atom. The number of hydrogen-bond donors (Lipinski definition) is 0. The first kappa shape index (κ1) is 12.0. The zero-order chi connectivity index (χ0) is 12.0. The van der Waals surface area contributed by atoms with Gasteiger partial charge >= 0.3 is 0 Å². The fourth-order valence-electron chi connectivity index (χ4n) is 1.55. The fourth-order valence-corrected chi connectivity index (χ4v) is 1.55. The van der Waals surface area contributed by atoms with E-state index in [4.69, 9.17) is 10.3 Å². The number of nitrogens with zero attached hydrogens (tertiary/aromatic N) is 3. The average Bonchev–Trinajstić information content (AvgIpc) is 2.24. The molecule has 0 radical (unpaired) electrons. The standard InChI is InChI=1S/C12H13N3O/c1-9-7-11(5-4-6-14-15-13)8-10(2)12(9)16-3/h7-8H,6H2,1-3H3. The highest BCUT2D eigenvalue weighted by Gasteiger charge is 2.03. The Kier molecular flexibility index (Phi) is 4.26. The molecule has 0 heterocycles. The molecule has 1 aromatic rings. The van der Waals surface area contributed by atoms with E-state index in [-0.39, 0.29) is 6.54 Å². The van der Waals surface area contributed by atoms with Crippen LogP contribution in [0.25, 0.3) is 10.4 Å². The third kappa shape index (κ3) is 2.94. The molecule has 0 aliphatic heterocycles. The summed E-state index contributed by atoms with van der Waals surface area (Å²) in [6.07, 6.45) is 0. The Balaban J connectivity index is 2.98. The molecular formula is C12H13N3O. The summed E-state index contributed by atoms with van der Waals surface area (Å²) in [5.41, 5.74) is 11.1. The van der Waals surface area contributed by atoms with Crippen LogP contribution >= 0.6 is 0 Å². The van der Waals surface area contributed by atoms with Crippen molar-refractivity contribution in [2.75, 3.05) is 13.7 Å². The molecule has 0 aliphatic rings. The maximum Gasteiger partial charge on any atom is 0.124 e. The molecular weight excluding hydrogens is 202 g/mol. The van der Waals surface area contributed by atoms with Gasteiger partial charge in [-0.3, -0.25) is 0 Å². The summed E-state index contributed by atoms with van der Waals surface area (Å²) in [4.78, 5) is 2.63. The normalized spacial score (nSPS) is 8.69. The second kappa shape index (κ2) is 5.69. The lowest BCUT2D eigenvalue weighted by atomic mass is 10.1. The van der Waals surface area contributed by atoms with Crippen LogP contribution in [-0.2, 0) is 0 Å². The van der Waals surface area contributed by atoms with Gasteiger partial charge in [0.25, 0.3) is 0 Å². The lowest BCUT2D eigenvalue weighted by Crippen LogP contribution is -1.92. The van der Waals surface area contributed by atoms with Gasteiger partial charge in [-0.25, -0.2) is 0 Å². The summed E-state index contributed by atoms with van der Waals surface area (Å²) in [6, 6.07) is 3.91. The minimum absolute atomic E-state index is 0.195. The molecule has 1 aromatic carbocycles. The molecule has 1 rings (SSSR count). The first-order valence-corrected chi connectivity index (χ1v) is 4.84. The first-order valence-electron chi connectivity index (χ1n) is 4.84. The van der Waals surface area contributed by atoms with Gasteiger partial charge < -0.3 is 4.74 Å². The van der Waals surface area contributed by atoms with Gasteiger partial charge in [0, 0.05) is 10.5 Å². The molecule has 0 amide bonds. The summed E-state index contributed by atoms with van der Waals surface area (Å²) < 4.78 is 5.26. The Morgan fingerprint density at radius 3 is 2.50 bits per heavy atom. The number of aryl methyl sites for hydroxylation is 2.